The van der Waals surface area contributed by atoms with Crippen molar-refractivity contribution in [3.63, 3.8) is 0 Å². The SMILES string of the molecule is CCn1c(-c2cccnc2[C@H](C)OC)c2c3cc(ccc31)-c1cccc(c1)C[C@H](NC(=O)[C@@H](CON1CC(C(=O)C#CC(C)(C)N(C)CCO)C1)C(C)C)C(=O)N1CCC[C@H](N1)C(=O)OCC(C)(C)C2. The van der Waals surface area contributed by atoms with Gasteiger partial charge < -0.3 is 24.5 Å². The van der Waals surface area contributed by atoms with Crippen molar-refractivity contribution in [3.8, 4) is 34.2 Å². The van der Waals surface area contributed by atoms with Crippen LogP contribution in [0.1, 0.15) is 91.2 Å². The van der Waals surface area contributed by atoms with E-state index in [9.17, 15) is 24.3 Å². The number of fused-ring (bicyclic) bond motifs is 6. The Kier molecular flexibility index (Phi) is 16.7. The molecular weight excluding hydrogens is 887 g/mol. The van der Waals surface area contributed by atoms with Gasteiger partial charge in [0.05, 0.1) is 54.7 Å². The van der Waals surface area contributed by atoms with Crippen molar-refractivity contribution in [2.75, 3.05) is 60.2 Å². The number of pyridine rings is 1. The molecule has 0 spiro atoms. The maximum atomic E-state index is 14.7. The van der Waals surface area contributed by atoms with Crippen LogP contribution in [0.2, 0.25) is 0 Å². The van der Waals surface area contributed by atoms with Gasteiger partial charge in [-0.25, -0.2) is 5.43 Å². The third-order valence-electron chi connectivity index (χ3n) is 14.3. The second-order valence-electron chi connectivity index (χ2n) is 20.9. The Morgan fingerprint density at radius 2 is 1.84 bits per heavy atom. The average molecular weight is 960 g/mol. The second-order valence-corrected chi connectivity index (χ2v) is 20.9. The summed E-state index contributed by atoms with van der Waals surface area (Å²) in [6.45, 7) is 18.5. The third-order valence-corrected chi connectivity index (χ3v) is 14.3. The highest BCUT2D eigenvalue weighted by Crippen LogP contribution is 2.42. The lowest BCUT2D eigenvalue weighted by molar-refractivity contribution is -0.225. The first-order valence-electron chi connectivity index (χ1n) is 24.9. The number of nitrogens with zero attached hydrogens (tertiary/aromatic N) is 5. The van der Waals surface area contributed by atoms with Gasteiger partial charge in [-0.05, 0) is 112 Å². The number of amides is 2. The number of cyclic esters (lactones) is 1. The summed E-state index contributed by atoms with van der Waals surface area (Å²) in [4.78, 5) is 68.8. The molecule has 3 aliphatic heterocycles. The Morgan fingerprint density at radius 3 is 2.56 bits per heavy atom. The number of methoxy groups -OCH3 is 1. The molecule has 15 nitrogen and oxygen atoms in total. The molecule has 4 atom stereocenters. The minimum absolute atomic E-state index is 0.00215. The standard InChI is InChI=1S/C55H73N7O8/c1-11-61-47-20-19-39-29-42(47)43(50(61)41-17-13-23-56-49(41)36(4)68-10)30-54(5,6)34-69-53(67)45-18-14-24-62(58-45)52(66)46(28-37-15-12-16-38(39)27-37)57-51(65)44(35(2)3)33-70-60-31-40(32-60)48(64)21-22-55(7,8)59(9)25-26-63/h12-13,15-17,19-20,23,27,29,35-36,40,44-46,58,63H,11,14,18,24-26,28,30-34H2,1-10H3,(H,57,65)/t36-,44-,45-,46-/m0/s1. The molecule has 4 aromatic rings. The highest BCUT2D eigenvalue weighted by atomic mass is 16.7. The van der Waals surface area contributed by atoms with E-state index in [2.05, 4.69) is 84.3 Å². The first-order valence-corrected chi connectivity index (χ1v) is 24.9. The molecule has 2 fully saturated rings. The van der Waals surface area contributed by atoms with Crippen LogP contribution in [0.5, 0.6) is 0 Å². The van der Waals surface area contributed by atoms with Gasteiger partial charge in [-0.2, -0.15) is 5.06 Å². The van der Waals surface area contributed by atoms with Gasteiger partial charge in [-0.3, -0.25) is 38.9 Å². The monoisotopic (exact) mass is 960 g/mol. The molecule has 15 heteroatoms. The summed E-state index contributed by atoms with van der Waals surface area (Å²) in [5.74, 6) is 3.47. The molecule has 2 aromatic carbocycles. The van der Waals surface area contributed by atoms with Gasteiger partial charge in [0.2, 0.25) is 11.7 Å². The zero-order chi connectivity index (χ0) is 50.5. The molecule has 5 heterocycles. The Morgan fingerprint density at radius 1 is 1.09 bits per heavy atom. The number of hydrogen-bond donors (Lipinski definition) is 3. The van der Waals surface area contributed by atoms with Crippen LogP contribution in [0.4, 0.5) is 0 Å². The number of nitrogens with one attached hydrogen (secondary N) is 2. The largest absolute Gasteiger partial charge is 0.464 e. The zero-order valence-corrected chi connectivity index (χ0v) is 42.8. The fraction of sp³-hybridized carbons (Fsp3) is 0.545. The number of likely N-dealkylation sites (N-methyl/N-ethyl adjacent to an activating group) is 1. The third kappa shape index (κ3) is 11.8. The molecule has 6 bridgehead atoms. The Bertz CT molecular complexity index is 2610. The summed E-state index contributed by atoms with van der Waals surface area (Å²) in [5, 5.41) is 16.7. The topological polar surface area (TPSA) is 168 Å². The van der Waals surface area contributed by atoms with Crippen molar-refractivity contribution < 1.29 is 38.6 Å². The van der Waals surface area contributed by atoms with E-state index in [0.717, 1.165) is 50.1 Å². The van der Waals surface area contributed by atoms with Gasteiger partial charge in [-0.15, -0.1) is 0 Å². The van der Waals surface area contributed by atoms with Crippen LogP contribution < -0.4 is 10.7 Å². The molecule has 3 N–H and O–H groups in total. The molecule has 3 aliphatic rings. The number of esters is 1. The lowest BCUT2D eigenvalue weighted by atomic mass is 9.84. The Hall–Kier alpha value is -5.47. The number of hydrazine groups is 1. The summed E-state index contributed by atoms with van der Waals surface area (Å²) in [6.07, 6.45) is 3.40. The predicted molar refractivity (Wildman–Crippen MR) is 270 cm³/mol. The molecule has 376 valence electrons. The van der Waals surface area contributed by atoms with Crippen LogP contribution >= 0.6 is 0 Å². The number of benzene rings is 2. The number of ether oxygens (including phenoxy) is 2. The van der Waals surface area contributed by atoms with Gasteiger partial charge in [0.1, 0.15) is 12.1 Å². The number of aromatic nitrogens is 2. The summed E-state index contributed by atoms with van der Waals surface area (Å²) < 4.78 is 14.3. The van der Waals surface area contributed by atoms with Gasteiger partial charge in [-0.1, -0.05) is 63.9 Å². The summed E-state index contributed by atoms with van der Waals surface area (Å²) in [7, 11) is 3.55. The highest BCUT2D eigenvalue weighted by Gasteiger charge is 2.38. The van der Waals surface area contributed by atoms with E-state index in [4.69, 9.17) is 19.3 Å². The predicted octanol–water partition coefficient (Wildman–Crippen LogP) is 6.16. The molecule has 0 unspecified atom stereocenters. The van der Waals surface area contributed by atoms with E-state index >= 15 is 0 Å². The molecule has 2 aromatic heterocycles. The minimum Gasteiger partial charge on any atom is -0.464 e. The van der Waals surface area contributed by atoms with Crippen molar-refractivity contribution in [1.29, 1.82) is 0 Å². The number of rotatable bonds is 14. The first kappa shape index (κ1) is 52.4. The van der Waals surface area contributed by atoms with E-state index in [0.29, 0.717) is 52.0 Å². The number of aliphatic hydroxyl groups is 1. The van der Waals surface area contributed by atoms with Crippen LogP contribution in [-0.2, 0) is 52.9 Å². The normalized spacial score (nSPS) is 20.0. The number of hydroxylamine groups is 2. The quantitative estimate of drug-likeness (QED) is 0.0750. The van der Waals surface area contributed by atoms with Crippen molar-refractivity contribution in [1.82, 2.24) is 35.3 Å². The fourth-order valence-corrected chi connectivity index (χ4v) is 9.57. The number of β-amino-alcohol motifs (C(OH)–C–C–N with tert-alkyl or cyclic N) is 1. The molecule has 2 amide bonds. The summed E-state index contributed by atoms with van der Waals surface area (Å²) >= 11 is 0. The van der Waals surface area contributed by atoms with E-state index in [1.165, 1.54) is 5.01 Å². The van der Waals surface area contributed by atoms with Gasteiger partial charge in [0.15, 0.2) is 0 Å². The molecule has 7 rings (SSSR count). The van der Waals surface area contributed by atoms with Gasteiger partial charge >= 0.3 is 5.97 Å². The van der Waals surface area contributed by atoms with Crippen molar-refractivity contribution in [2.24, 2.45) is 23.2 Å². The number of ketones is 1. The van der Waals surface area contributed by atoms with Crippen LogP contribution in [0.15, 0.2) is 60.8 Å². The van der Waals surface area contributed by atoms with Crippen LogP contribution in [0.25, 0.3) is 33.3 Å². The van der Waals surface area contributed by atoms with E-state index in [1.807, 2.05) is 64.8 Å². The minimum atomic E-state index is -0.979. The number of carbonyl (C=O) groups excluding carboxylic acids is 4. The Labute approximate surface area is 413 Å². The molecule has 0 saturated carbocycles. The maximum Gasteiger partial charge on any atom is 0.324 e. The number of Topliss-reactive ketones (excluding diaryl/α,β-unsaturated/α-hetero) is 1. The van der Waals surface area contributed by atoms with Crippen molar-refractivity contribution in [2.45, 2.75) is 111 Å². The molecule has 70 heavy (non-hydrogen) atoms. The lowest BCUT2D eigenvalue weighted by Crippen LogP contribution is -2.61. The number of aliphatic hydroxyl groups excluding tert-OH is 1. The van der Waals surface area contributed by atoms with E-state index in [1.54, 1.807) is 18.4 Å². The van der Waals surface area contributed by atoms with Crippen LogP contribution in [-0.4, -0.2) is 131 Å². The smallest absolute Gasteiger partial charge is 0.324 e. The number of aryl methyl sites for hydroxylation is 1. The van der Waals surface area contributed by atoms with Gasteiger partial charge in [0.25, 0.3) is 5.91 Å². The summed E-state index contributed by atoms with van der Waals surface area (Å²) in [5.41, 5.74) is 10.0. The first-order chi connectivity index (χ1) is 33.3. The average Bonchev–Trinajstić information content (AvgIpc) is 3.63. The number of hydrogen-bond acceptors (Lipinski definition) is 12. The van der Waals surface area contributed by atoms with Crippen molar-refractivity contribution in [3.05, 3.63) is 77.6 Å². The van der Waals surface area contributed by atoms with Crippen LogP contribution in [0, 0.1) is 35.0 Å². The maximum absolute atomic E-state index is 14.7. The van der Waals surface area contributed by atoms with Crippen molar-refractivity contribution >= 4 is 34.5 Å². The highest BCUT2D eigenvalue weighted by molar-refractivity contribution is 5.98. The van der Waals surface area contributed by atoms with Crippen LogP contribution in [0.3, 0.4) is 0 Å². The molecule has 2 saturated heterocycles. The molecule has 0 aliphatic carbocycles. The molecular formula is C55H73N7O8. The second kappa shape index (κ2) is 22.3. The van der Waals surface area contributed by atoms with E-state index in [-0.39, 0.29) is 61.8 Å². The van der Waals surface area contributed by atoms with E-state index < -0.39 is 34.9 Å². The molecule has 0 radical (unpaired) electrons. The zero-order valence-electron chi connectivity index (χ0n) is 42.8. The lowest BCUT2D eigenvalue weighted by Gasteiger charge is -2.38. The number of carbonyl (C=O) groups is 4. The fourth-order valence-electron chi connectivity index (χ4n) is 9.57. The van der Waals surface area contributed by atoms with Gasteiger partial charge in [0, 0.05) is 74.3 Å². The summed E-state index contributed by atoms with van der Waals surface area (Å²) in [6, 6.07) is 17.0. The Balaban J connectivity index is 1.18.